The number of amides is 1. The van der Waals surface area contributed by atoms with Gasteiger partial charge in [0.2, 0.25) is 5.91 Å². The van der Waals surface area contributed by atoms with Gasteiger partial charge in [-0.15, -0.1) is 0 Å². The van der Waals surface area contributed by atoms with Crippen LogP contribution in [0, 0.1) is 5.41 Å². The number of hydrogen-bond donors (Lipinski definition) is 2. The van der Waals surface area contributed by atoms with Crippen molar-refractivity contribution in [2.45, 2.75) is 32.1 Å². The predicted molar refractivity (Wildman–Crippen MR) is 104 cm³/mol. The van der Waals surface area contributed by atoms with E-state index in [4.69, 9.17) is 11.6 Å². The lowest BCUT2D eigenvalue weighted by molar-refractivity contribution is -0.138. The van der Waals surface area contributed by atoms with Crippen molar-refractivity contribution in [1.29, 1.82) is 0 Å². The molecule has 1 aromatic carbocycles. The molecule has 5 nitrogen and oxygen atoms in total. The fourth-order valence-corrected chi connectivity index (χ4v) is 3.71. The Morgan fingerprint density at radius 1 is 1.24 bits per heavy atom. The molecule has 0 spiro atoms. The van der Waals surface area contributed by atoms with Crippen molar-refractivity contribution < 1.29 is 4.79 Å². The van der Waals surface area contributed by atoms with Gasteiger partial charge in [0.1, 0.15) is 0 Å². The van der Waals surface area contributed by atoms with E-state index in [0.29, 0.717) is 6.54 Å². The van der Waals surface area contributed by atoms with Gasteiger partial charge in [-0.1, -0.05) is 42.6 Å². The molecule has 1 aliphatic rings. The van der Waals surface area contributed by atoms with Crippen LogP contribution >= 0.6 is 11.6 Å². The van der Waals surface area contributed by atoms with Gasteiger partial charge >= 0.3 is 0 Å². The zero-order valence-corrected chi connectivity index (χ0v) is 16.2. The number of halogens is 1. The highest BCUT2D eigenvalue weighted by molar-refractivity contribution is 6.31. The van der Waals surface area contributed by atoms with Crippen LogP contribution in [0.2, 0.25) is 5.02 Å². The zero-order chi connectivity index (χ0) is 18.3. The highest BCUT2D eigenvalue weighted by Crippen LogP contribution is 2.38. The molecule has 0 atom stereocenters. The van der Waals surface area contributed by atoms with Gasteiger partial charge in [0.05, 0.1) is 5.41 Å². The van der Waals surface area contributed by atoms with Crippen LogP contribution < -0.4 is 10.6 Å². The number of nitrogens with one attached hydrogen (secondary N) is 2. The van der Waals surface area contributed by atoms with Crippen molar-refractivity contribution in [2.75, 3.05) is 34.2 Å². The third kappa shape index (κ3) is 5.11. The Morgan fingerprint density at radius 2 is 1.92 bits per heavy atom. The molecule has 2 rings (SSSR count). The standard InChI is InChI=1S/C19H29ClN4O/c1-21-18(22-13-10-15-8-4-5-9-16(15)20)23-14-19(11-6-7-12-19)17(25)24(2)3/h4-5,8-9H,6-7,10-14H2,1-3H3,(H2,21,22,23). The van der Waals surface area contributed by atoms with Gasteiger partial charge in [0, 0.05) is 39.3 Å². The second kappa shape index (κ2) is 9.09. The molecule has 0 heterocycles. The molecule has 0 unspecified atom stereocenters. The quantitative estimate of drug-likeness (QED) is 0.602. The summed E-state index contributed by atoms with van der Waals surface area (Å²) in [6, 6.07) is 7.86. The Bertz CT molecular complexity index is 609. The van der Waals surface area contributed by atoms with Gasteiger partial charge in [-0.05, 0) is 30.9 Å². The van der Waals surface area contributed by atoms with Crippen LogP contribution in [0.1, 0.15) is 31.2 Å². The highest BCUT2D eigenvalue weighted by Gasteiger charge is 2.42. The van der Waals surface area contributed by atoms with Crippen molar-refractivity contribution in [3.63, 3.8) is 0 Å². The Kier molecular flexibility index (Phi) is 7.12. The number of hydrogen-bond acceptors (Lipinski definition) is 2. The third-order valence-electron chi connectivity index (χ3n) is 4.88. The molecule has 25 heavy (non-hydrogen) atoms. The van der Waals surface area contributed by atoms with E-state index in [9.17, 15) is 4.79 Å². The molecule has 138 valence electrons. The van der Waals surface area contributed by atoms with Crippen LogP contribution in [0.25, 0.3) is 0 Å². The maximum atomic E-state index is 12.6. The molecule has 0 saturated heterocycles. The summed E-state index contributed by atoms with van der Waals surface area (Å²) in [6.45, 7) is 1.35. The van der Waals surface area contributed by atoms with E-state index in [1.165, 1.54) is 0 Å². The van der Waals surface area contributed by atoms with E-state index in [1.807, 2.05) is 38.4 Å². The van der Waals surface area contributed by atoms with E-state index in [1.54, 1.807) is 11.9 Å². The van der Waals surface area contributed by atoms with Gasteiger partial charge in [0.25, 0.3) is 0 Å². The molecule has 1 fully saturated rings. The Balaban J connectivity index is 1.87. The SMILES string of the molecule is CN=C(NCCc1ccccc1Cl)NCC1(C(=O)N(C)C)CCCC1. The summed E-state index contributed by atoms with van der Waals surface area (Å²) < 4.78 is 0. The number of guanidine groups is 1. The van der Waals surface area contributed by atoms with Crippen LogP contribution in [-0.4, -0.2) is 51.0 Å². The van der Waals surface area contributed by atoms with Crippen molar-refractivity contribution in [1.82, 2.24) is 15.5 Å². The first-order valence-corrected chi connectivity index (χ1v) is 9.26. The Hall–Kier alpha value is -1.75. The summed E-state index contributed by atoms with van der Waals surface area (Å²) in [7, 11) is 5.41. The van der Waals surface area contributed by atoms with E-state index >= 15 is 0 Å². The number of aliphatic imine (C=N–C) groups is 1. The van der Waals surface area contributed by atoms with Gasteiger partial charge in [-0.3, -0.25) is 9.79 Å². The molecular formula is C19H29ClN4O. The second-order valence-electron chi connectivity index (χ2n) is 6.88. The van der Waals surface area contributed by atoms with E-state index < -0.39 is 0 Å². The lowest BCUT2D eigenvalue weighted by Gasteiger charge is -2.31. The van der Waals surface area contributed by atoms with Crippen LogP contribution in [0.3, 0.4) is 0 Å². The maximum Gasteiger partial charge on any atom is 0.230 e. The van der Waals surface area contributed by atoms with Crippen molar-refractivity contribution in [2.24, 2.45) is 10.4 Å². The first-order valence-electron chi connectivity index (χ1n) is 8.88. The van der Waals surface area contributed by atoms with Crippen molar-refractivity contribution in [3.05, 3.63) is 34.9 Å². The van der Waals surface area contributed by atoms with E-state index in [-0.39, 0.29) is 11.3 Å². The van der Waals surface area contributed by atoms with Crippen LogP contribution in [0.4, 0.5) is 0 Å². The Labute approximate surface area is 155 Å². The minimum absolute atomic E-state index is 0.212. The largest absolute Gasteiger partial charge is 0.356 e. The average molecular weight is 365 g/mol. The molecule has 0 aromatic heterocycles. The average Bonchev–Trinajstić information content (AvgIpc) is 3.08. The van der Waals surface area contributed by atoms with Crippen molar-refractivity contribution >= 4 is 23.5 Å². The number of nitrogens with zero attached hydrogens (tertiary/aromatic N) is 2. The van der Waals surface area contributed by atoms with E-state index in [2.05, 4.69) is 15.6 Å². The predicted octanol–water partition coefficient (Wildman–Crippen LogP) is 2.70. The molecule has 0 bridgehead atoms. The summed E-state index contributed by atoms with van der Waals surface area (Å²) in [4.78, 5) is 18.6. The molecule has 1 amide bonds. The minimum Gasteiger partial charge on any atom is -0.356 e. The topological polar surface area (TPSA) is 56.7 Å². The number of rotatable bonds is 6. The van der Waals surface area contributed by atoms with Crippen molar-refractivity contribution in [3.8, 4) is 0 Å². The second-order valence-corrected chi connectivity index (χ2v) is 7.29. The zero-order valence-electron chi connectivity index (χ0n) is 15.4. The smallest absolute Gasteiger partial charge is 0.230 e. The van der Waals surface area contributed by atoms with Gasteiger partial charge in [0.15, 0.2) is 5.96 Å². The minimum atomic E-state index is -0.302. The van der Waals surface area contributed by atoms with Gasteiger partial charge < -0.3 is 15.5 Å². The summed E-state index contributed by atoms with van der Waals surface area (Å²) >= 11 is 6.19. The third-order valence-corrected chi connectivity index (χ3v) is 5.25. The molecule has 2 N–H and O–H groups in total. The summed E-state index contributed by atoms with van der Waals surface area (Å²) in [6.07, 6.45) is 4.92. The molecule has 0 radical (unpaired) electrons. The first-order chi connectivity index (χ1) is 12.0. The van der Waals surface area contributed by atoms with Crippen LogP contribution in [-0.2, 0) is 11.2 Å². The van der Waals surface area contributed by atoms with E-state index in [0.717, 1.165) is 55.2 Å². The first kappa shape index (κ1) is 19.6. The number of carbonyl (C=O) groups excluding carboxylic acids is 1. The number of carbonyl (C=O) groups is 1. The summed E-state index contributed by atoms with van der Waals surface area (Å²) in [5, 5.41) is 7.44. The molecule has 1 aromatic rings. The molecule has 1 aliphatic carbocycles. The maximum absolute atomic E-state index is 12.6. The Morgan fingerprint density at radius 3 is 2.52 bits per heavy atom. The fourth-order valence-electron chi connectivity index (χ4n) is 3.48. The summed E-state index contributed by atoms with van der Waals surface area (Å²) in [5.41, 5.74) is 0.811. The molecule has 0 aliphatic heterocycles. The highest BCUT2D eigenvalue weighted by atomic mass is 35.5. The number of benzene rings is 1. The monoisotopic (exact) mass is 364 g/mol. The molecule has 1 saturated carbocycles. The molecule has 6 heteroatoms. The van der Waals surface area contributed by atoms with Crippen LogP contribution in [0.5, 0.6) is 0 Å². The van der Waals surface area contributed by atoms with Crippen LogP contribution in [0.15, 0.2) is 29.3 Å². The van der Waals surface area contributed by atoms with Gasteiger partial charge in [-0.25, -0.2) is 0 Å². The summed E-state index contributed by atoms with van der Waals surface area (Å²) in [5.74, 6) is 0.939. The lowest BCUT2D eigenvalue weighted by Crippen LogP contribution is -2.49. The molecular weight excluding hydrogens is 336 g/mol. The lowest BCUT2D eigenvalue weighted by atomic mass is 9.84. The fraction of sp³-hybridized carbons (Fsp3) is 0.579. The normalized spacial score (nSPS) is 16.6. The van der Waals surface area contributed by atoms with Gasteiger partial charge in [-0.2, -0.15) is 0 Å².